The molecular weight excluding hydrogens is 202 g/mol. The smallest absolute Gasteiger partial charge is 0.157 e. The van der Waals surface area contributed by atoms with Crippen molar-refractivity contribution in [1.29, 1.82) is 0 Å². The molecule has 0 aliphatic carbocycles. The van der Waals surface area contributed by atoms with E-state index >= 15 is 0 Å². The summed E-state index contributed by atoms with van der Waals surface area (Å²) in [5.41, 5.74) is 0. The van der Waals surface area contributed by atoms with E-state index in [4.69, 9.17) is 4.74 Å². The maximum atomic E-state index is 5.73. The lowest BCUT2D eigenvalue weighted by atomic mass is 10.1. The summed E-state index contributed by atoms with van der Waals surface area (Å²) in [7, 11) is 0. The molecule has 1 aromatic rings. The Hall–Kier alpha value is -1.03. The van der Waals surface area contributed by atoms with Gasteiger partial charge in [0.05, 0.1) is 12.4 Å². The number of hydrogen-bond acceptors (Lipinski definition) is 3. The van der Waals surface area contributed by atoms with E-state index in [1.165, 1.54) is 19.3 Å². The number of rotatable bonds is 5. The molecule has 16 heavy (non-hydrogen) atoms. The summed E-state index contributed by atoms with van der Waals surface area (Å²) in [4.78, 5) is 0. The minimum absolute atomic E-state index is 0.517. The first-order valence-corrected chi connectivity index (χ1v) is 6.27. The fraction of sp³-hybridized carbons (Fsp3) is 0.750. The van der Waals surface area contributed by atoms with Crippen molar-refractivity contribution in [2.45, 2.75) is 45.2 Å². The third-order valence-electron chi connectivity index (χ3n) is 2.93. The molecule has 1 N–H and O–H groups in total. The zero-order chi connectivity index (χ0) is 11.2. The highest BCUT2D eigenvalue weighted by molar-refractivity contribution is 5.11. The monoisotopic (exact) mass is 223 g/mol. The highest BCUT2D eigenvalue weighted by atomic mass is 16.5. The van der Waals surface area contributed by atoms with Crippen molar-refractivity contribution in [1.82, 2.24) is 15.1 Å². The summed E-state index contributed by atoms with van der Waals surface area (Å²) in [6, 6.07) is 0.517. The molecule has 4 nitrogen and oxygen atoms in total. The number of nitrogens with zero attached hydrogens (tertiary/aromatic N) is 2. The fourth-order valence-corrected chi connectivity index (χ4v) is 2.03. The Kier molecular flexibility index (Phi) is 4.22. The van der Waals surface area contributed by atoms with Gasteiger partial charge >= 0.3 is 0 Å². The van der Waals surface area contributed by atoms with Crippen LogP contribution in [0.1, 0.15) is 32.6 Å². The van der Waals surface area contributed by atoms with E-state index < -0.39 is 0 Å². The topological polar surface area (TPSA) is 39.1 Å². The number of aromatic nitrogens is 2. The molecule has 2 heterocycles. The molecule has 1 atom stereocenters. The van der Waals surface area contributed by atoms with Gasteiger partial charge in [-0.1, -0.05) is 13.3 Å². The van der Waals surface area contributed by atoms with E-state index in [0.29, 0.717) is 6.04 Å². The molecule has 1 saturated heterocycles. The molecule has 90 valence electrons. The van der Waals surface area contributed by atoms with Crippen LogP contribution in [-0.2, 0) is 6.54 Å². The van der Waals surface area contributed by atoms with Crippen LogP contribution < -0.4 is 10.1 Å². The van der Waals surface area contributed by atoms with E-state index in [1.54, 1.807) is 6.20 Å². The number of hydrogen-bond donors (Lipinski definition) is 1. The van der Waals surface area contributed by atoms with E-state index in [1.807, 2.05) is 10.9 Å². The highest BCUT2D eigenvalue weighted by Crippen LogP contribution is 2.12. The Morgan fingerprint density at radius 3 is 3.25 bits per heavy atom. The predicted octanol–water partition coefficient (Wildman–Crippen LogP) is 1.81. The molecule has 1 fully saturated rings. The second kappa shape index (κ2) is 5.89. The molecule has 1 unspecified atom stereocenters. The molecule has 0 bridgehead atoms. The third-order valence-corrected chi connectivity index (χ3v) is 2.93. The third kappa shape index (κ3) is 3.23. The van der Waals surface area contributed by atoms with Crippen LogP contribution in [0.5, 0.6) is 5.75 Å². The lowest BCUT2D eigenvalue weighted by Crippen LogP contribution is -2.38. The first-order valence-electron chi connectivity index (χ1n) is 6.27. The minimum atomic E-state index is 0.517. The average Bonchev–Trinajstić information content (AvgIpc) is 2.76. The average molecular weight is 223 g/mol. The summed E-state index contributed by atoms with van der Waals surface area (Å²) >= 11 is 0. The van der Waals surface area contributed by atoms with E-state index in [9.17, 15) is 0 Å². The molecule has 1 aliphatic rings. The Bertz CT molecular complexity index is 305. The summed E-state index contributed by atoms with van der Waals surface area (Å²) in [6.07, 6.45) is 8.72. The van der Waals surface area contributed by atoms with Gasteiger partial charge in [-0.05, 0) is 25.8 Å². The highest BCUT2D eigenvalue weighted by Gasteiger charge is 2.13. The van der Waals surface area contributed by atoms with Gasteiger partial charge in [0.2, 0.25) is 0 Å². The van der Waals surface area contributed by atoms with Gasteiger partial charge in [0.15, 0.2) is 5.75 Å². The molecule has 1 aliphatic heterocycles. The van der Waals surface area contributed by atoms with Crippen molar-refractivity contribution in [2.75, 3.05) is 13.2 Å². The van der Waals surface area contributed by atoms with Crippen molar-refractivity contribution in [3.05, 3.63) is 12.4 Å². The molecule has 0 amide bonds. The first kappa shape index (κ1) is 11.5. The normalized spacial score (nSPS) is 20.9. The predicted molar refractivity (Wildman–Crippen MR) is 63.7 cm³/mol. The molecule has 4 heteroatoms. The van der Waals surface area contributed by atoms with Gasteiger partial charge in [-0.2, -0.15) is 5.10 Å². The summed E-state index contributed by atoms with van der Waals surface area (Å²) in [6.45, 7) is 5.00. The Labute approximate surface area is 97.0 Å². The van der Waals surface area contributed by atoms with Crippen LogP contribution >= 0.6 is 0 Å². The van der Waals surface area contributed by atoms with Crippen molar-refractivity contribution in [3.63, 3.8) is 0 Å². The molecule has 0 spiro atoms. The quantitative estimate of drug-likeness (QED) is 0.827. The first-order chi connectivity index (χ1) is 7.88. The summed E-state index contributed by atoms with van der Waals surface area (Å²) < 4.78 is 7.66. The fourth-order valence-electron chi connectivity index (χ4n) is 2.03. The van der Waals surface area contributed by atoms with Crippen LogP contribution in [0.4, 0.5) is 0 Å². The van der Waals surface area contributed by atoms with Gasteiger partial charge in [-0.15, -0.1) is 0 Å². The van der Waals surface area contributed by atoms with Gasteiger partial charge in [0.25, 0.3) is 0 Å². The van der Waals surface area contributed by atoms with E-state index in [-0.39, 0.29) is 0 Å². The zero-order valence-corrected chi connectivity index (χ0v) is 9.98. The molecule has 0 saturated carbocycles. The number of ether oxygens (including phenoxy) is 1. The van der Waals surface area contributed by atoms with Crippen molar-refractivity contribution in [2.24, 2.45) is 0 Å². The van der Waals surface area contributed by atoms with E-state index in [2.05, 4.69) is 17.3 Å². The second-order valence-electron chi connectivity index (χ2n) is 4.40. The molecule has 1 aromatic heterocycles. The lowest BCUT2D eigenvalue weighted by molar-refractivity contribution is 0.239. The number of piperidine rings is 1. The van der Waals surface area contributed by atoms with Crippen LogP contribution in [0.15, 0.2) is 12.4 Å². The maximum absolute atomic E-state index is 5.73. The van der Waals surface area contributed by atoms with Crippen molar-refractivity contribution >= 4 is 0 Å². The Morgan fingerprint density at radius 2 is 2.50 bits per heavy atom. The van der Waals surface area contributed by atoms with Crippen LogP contribution in [0.3, 0.4) is 0 Å². The summed E-state index contributed by atoms with van der Waals surface area (Å²) in [5.74, 6) is 0.890. The molecular formula is C12H21N3O. The van der Waals surface area contributed by atoms with Crippen molar-refractivity contribution in [3.8, 4) is 5.75 Å². The van der Waals surface area contributed by atoms with Crippen LogP contribution in [0, 0.1) is 0 Å². The standard InChI is InChI=1S/C12H21N3O/c1-2-7-15-9-12(8-14-15)16-10-11-5-3-4-6-13-11/h8-9,11,13H,2-7,10H2,1H3. The van der Waals surface area contributed by atoms with Gasteiger partial charge < -0.3 is 10.1 Å². The van der Waals surface area contributed by atoms with Gasteiger partial charge in [0.1, 0.15) is 6.61 Å². The number of nitrogens with one attached hydrogen (secondary N) is 1. The van der Waals surface area contributed by atoms with E-state index in [0.717, 1.165) is 31.9 Å². The Morgan fingerprint density at radius 1 is 1.56 bits per heavy atom. The molecule has 0 aromatic carbocycles. The SMILES string of the molecule is CCCn1cc(OCC2CCCCN2)cn1. The molecule has 2 rings (SSSR count). The molecule has 0 radical (unpaired) electrons. The Balaban J connectivity index is 1.75. The van der Waals surface area contributed by atoms with Crippen LogP contribution in [-0.4, -0.2) is 29.0 Å². The van der Waals surface area contributed by atoms with Gasteiger partial charge in [0, 0.05) is 12.6 Å². The number of aryl methyl sites for hydroxylation is 1. The van der Waals surface area contributed by atoms with Crippen molar-refractivity contribution < 1.29 is 4.74 Å². The largest absolute Gasteiger partial charge is 0.489 e. The maximum Gasteiger partial charge on any atom is 0.157 e. The van der Waals surface area contributed by atoms with Crippen LogP contribution in [0.2, 0.25) is 0 Å². The van der Waals surface area contributed by atoms with Gasteiger partial charge in [-0.3, -0.25) is 4.68 Å². The lowest BCUT2D eigenvalue weighted by Gasteiger charge is -2.22. The van der Waals surface area contributed by atoms with Crippen LogP contribution in [0.25, 0.3) is 0 Å². The zero-order valence-electron chi connectivity index (χ0n) is 9.98. The summed E-state index contributed by atoms with van der Waals surface area (Å²) in [5, 5.41) is 7.71. The second-order valence-corrected chi connectivity index (χ2v) is 4.40. The van der Waals surface area contributed by atoms with Gasteiger partial charge in [-0.25, -0.2) is 0 Å². The minimum Gasteiger partial charge on any atom is -0.489 e.